The van der Waals surface area contributed by atoms with Crippen LogP contribution in [0.2, 0.25) is 0 Å². The van der Waals surface area contributed by atoms with E-state index in [1.807, 2.05) is 0 Å². The normalized spacial score (nSPS) is 33.1. The van der Waals surface area contributed by atoms with Gasteiger partial charge in [0.15, 0.2) is 0 Å². The molecule has 6 nitrogen and oxygen atoms in total. The van der Waals surface area contributed by atoms with Crippen molar-refractivity contribution in [3.63, 3.8) is 0 Å². The van der Waals surface area contributed by atoms with Gasteiger partial charge in [0.25, 0.3) is 0 Å². The Morgan fingerprint density at radius 3 is 1.96 bits per heavy atom. The molecule has 0 aromatic carbocycles. The Balaban J connectivity index is 1.43. The van der Waals surface area contributed by atoms with Gasteiger partial charge in [-0.2, -0.15) is 0 Å². The Morgan fingerprint density at radius 1 is 0.960 bits per heavy atom. The highest BCUT2D eigenvalue weighted by atomic mass is 16.4. The Labute approximate surface area is 149 Å². The molecule has 3 N–H and O–H groups in total. The first kappa shape index (κ1) is 18.2. The molecule has 0 atom stereocenters. The molecule has 6 heteroatoms. The van der Waals surface area contributed by atoms with Crippen LogP contribution >= 0.6 is 0 Å². The van der Waals surface area contributed by atoms with Crippen LogP contribution in [0.4, 0.5) is 0 Å². The van der Waals surface area contributed by atoms with Gasteiger partial charge in [0.2, 0.25) is 11.8 Å². The van der Waals surface area contributed by atoms with Crippen LogP contribution in [0.15, 0.2) is 0 Å². The van der Waals surface area contributed by atoms with Crippen molar-refractivity contribution in [2.75, 3.05) is 13.1 Å². The lowest BCUT2D eigenvalue weighted by Gasteiger charge is -2.56. The topological polar surface area (TPSA) is 95.5 Å². The number of rotatable bonds is 7. The van der Waals surface area contributed by atoms with Crippen molar-refractivity contribution >= 4 is 17.8 Å². The van der Waals surface area contributed by atoms with E-state index in [4.69, 9.17) is 5.11 Å². The Morgan fingerprint density at radius 2 is 1.48 bits per heavy atom. The van der Waals surface area contributed by atoms with E-state index in [9.17, 15) is 14.4 Å². The molecule has 25 heavy (non-hydrogen) atoms. The van der Waals surface area contributed by atoms with E-state index in [0.717, 1.165) is 17.8 Å². The first-order valence-electron chi connectivity index (χ1n) is 9.44. The zero-order valence-corrected chi connectivity index (χ0v) is 15.3. The van der Waals surface area contributed by atoms with Gasteiger partial charge in [0.05, 0.1) is 12.0 Å². The molecule has 0 aromatic rings. The van der Waals surface area contributed by atoms with Crippen LogP contribution in [0, 0.1) is 28.6 Å². The summed E-state index contributed by atoms with van der Waals surface area (Å²) in [5, 5.41) is 14.4. The second kappa shape index (κ2) is 6.61. The molecule has 0 unspecified atom stereocenters. The van der Waals surface area contributed by atoms with E-state index >= 15 is 0 Å². The molecule has 0 aromatic heterocycles. The quantitative estimate of drug-likeness (QED) is 0.654. The maximum atomic E-state index is 12.4. The molecule has 140 valence electrons. The predicted molar refractivity (Wildman–Crippen MR) is 92.7 cm³/mol. The molecule has 0 radical (unpaired) electrons. The number of carboxylic acids is 1. The van der Waals surface area contributed by atoms with E-state index in [1.165, 1.54) is 38.5 Å². The van der Waals surface area contributed by atoms with Crippen LogP contribution in [0.25, 0.3) is 0 Å². The highest BCUT2D eigenvalue weighted by Gasteiger charge is 2.51. The van der Waals surface area contributed by atoms with Crippen molar-refractivity contribution in [1.82, 2.24) is 10.6 Å². The van der Waals surface area contributed by atoms with Gasteiger partial charge in [-0.15, -0.1) is 0 Å². The van der Waals surface area contributed by atoms with Gasteiger partial charge < -0.3 is 15.7 Å². The summed E-state index contributed by atoms with van der Waals surface area (Å²) >= 11 is 0. The molecule has 4 fully saturated rings. The number of carbonyl (C=O) groups is 3. The molecule has 4 rings (SSSR count). The van der Waals surface area contributed by atoms with Crippen LogP contribution in [0.5, 0.6) is 0 Å². The monoisotopic (exact) mass is 350 g/mol. The third kappa shape index (κ3) is 4.15. The number of amides is 2. The average Bonchev–Trinajstić information content (AvgIpc) is 2.49. The molecule has 0 spiro atoms. The lowest BCUT2D eigenvalue weighted by Crippen LogP contribution is -2.49. The van der Waals surface area contributed by atoms with Gasteiger partial charge >= 0.3 is 5.97 Å². The summed E-state index contributed by atoms with van der Waals surface area (Å²) in [5.41, 5.74) is -0.848. The summed E-state index contributed by atoms with van der Waals surface area (Å²) in [5.74, 6) is 1.07. The molecule has 0 heterocycles. The van der Waals surface area contributed by atoms with Crippen LogP contribution in [-0.2, 0) is 14.4 Å². The SMILES string of the molecule is CC(C)(CNC(=O)CNC(=O)CC12CC3CC(CC(C3)C1)C2)C(=O)O. The van der Waals surface area contributed by atoms with Gasteiger partial charge in [-0.25, -0.2) is 0 Å². The molecular weight excluding hydrogens is 320 g/mol. The van der Waals surface area contributed by atoms with Gasteiger partial charge in [-0.1, -0.05) is 0 Å². The minimum atomic E-state index is -1.02. The molecule has 0 aliphatic heterocycles. The van der Waals surface area contributed by atoms with E-state index in [0.29, 0.717) is 6.42 Å². The van der Waals surface area contributed by atoms with Crippen molar-refractivity contribution in [2.45, 2.75) is 58.8 Å². The first-order chi connectivity index (χ1) is 11.7. The van der Waals surface area contributed by atoms with E-state index in [2.05, 4.69) is 10.6 Å². The highest BCUT2D eigenvalue weighted by Crippen LogP contribution is 2.61. The fourth-order valence-corrected chi connectivity index (χ4v) is 5.55. The van der Waals surface area contributed by atoms with Crippen molar-refractivity contribution < 1.29 is 19.5 Å². The number of carboxylic acid groups (broad SMARTS) is 1. The maximum absolute atomic E-state index is 12.4. The van der Waals surface area contributed by atoms with Crippen LogP contribution in [-0.4, -0.2) is 36.0 Å². The molecule has 4 aliphatic rings. The fourth-order valence-electron chi connectivity index (χ4n) is 5.55. The second-order valence-electron chi connectivity index (χ2n) is 9.34. The second-order valence-corrected chi connectivity index (χ2v) is 9.34. The van der Waals surface area contributed by atoms with E-state index < -0.39 is 11.4 Å². The Bertz CT molecular complexity index is 534. The summed E-state index contributed by atoms with van der Waals surface area (Å²) < 4.78 is 0. The molecule has 0 saturated heterocycles. The minimum Gasteiger partial charge on any atom is -0.481 e. The summed E-state index contributed by atoms with van der Waals surface area (Å²) in [6.45, 7) is 3.08. The van der Waals surface area contributed by atoms with Crippen LogP contribution in [0.1, 0.15) is 58.8 Å². The summed E-state index contributed by atoms with van der Waals surface area (Å²) in [4.78, 5) is 35.2. The van der Waals surface area contributed by atoms with Crippen molar-refractivity contribution in [3.05, 3.63) is 0 Å². The predicted octanol–water partition coefficient (Wildman–Crippen LogP) is 1.94. The molecular formula is C19H30N2O4. The fraction of sp³-hybridized carbons (Fsp3) is 0.842. The van der Waals surface area contributed by atoms with E-state index in [-0.39, 0.29) is 30.3 Å². The van der Waals surface area contributed by atoms with Gasteiger partial charge in [0, 0.05) is 13.0 Å². The third-order valence-electron chi connectivity index (χ3n) is 6.45. The number of aliphatic carboxylic acids is 1. The summed E-state index contributed by atoms with van der Waals surface area (Å²) in [6, 6.07) is 0. The van der Waals surface area contributed by atoms with Gasteiger partial charge in [-0.05, 0) is 75.5 Å². The number of hydrogen-bond acceptors (Lipinski definition) is 3. The highest BCUT2D eigenvalue weighted by molar-refractivity contribution is 5.85. The number of hydrogen-bond donors (Lipinski definition) is 3. The molecule has 4 bridgehead atoms. The minimum absolute atomic E-state index is 0.0467. The smallest absolute Gasteiger partial charge is 0.310 e. The van der Waals surface area contributed by atoms with Crippen molar-refractivity contribution in [1.29, 1.82) is 0 Å². The lowest BCUT2D eigenvalue weighted by molar-refractivity contribution is -0.147. The van der Waals surface area contributed by atoms with Gasteiger partial charge in [-0.3, -0.25) is 14.4 Å². The summed E-state index contributed by atoms with van der Waals surface area (Å²) in [7, 11) is 0. The van der Waals surface area contributed by atoms with Gasteiger partial charge in [0.1, 0.15) is 0 Å². The zero-order chi connectivity index (χ0) is 18.2. The first-order valence-corrected chi connectivity index (χ1v) is 9.44. The van der Waals surface area contributed by atoms with Crippen molar-refractivity contribution in [3.8, 4) is 0 Å². The molecule has 4 saturated carbocycles. The number of carbonyl (C=O) groups excluding carboxylic acids is 2. The lowest BCUT2D eigenvalue weighted by atomic mass is 9.49. The standard InChI is InChI=1S/C19H30N2O4/c1-18(2,17(24)25)11-21-16(23)10-20-15(22)9-19-6-12-3-13(7-19)5-14(4-12)8-19/h12-14H,3-11H2,1-2H3,(H,20,22)(H,21,23)(H,24,25). The zero-order valence-electron chi connectivity index (χ0n) is 15.3. The summed E-state index contributed by atoms with van der Waals surface area (Å²) in [6.07, 6.45) is 8.10. The Kier molecular flexibility index (Phi) is 4.82. The Hall–Kier alpha value is -1.59. The largest absolute Gasteiger partial charge is 0.481 e. The van der Waals surface area contributed by atoms with Crippen molar-refractivity contribution in [2.24, 2.45) is 28.6 Å². The number of nitrogens with one attached hydrogen (secondary N) is 2. The van der Waals surface area contributed by atoms with E-state index in [1.54, 1.807) is 13.8 Å². The average molecular weight is 350 g/mol. The molecule has 4 aliphatic carbocycles. The van der Waals surface area contributed by atoms with Crippen LogP contribution in [0.3, 0.4) is 0 Å². The van der Waals surface area contributed by atoms with Crippen LogP contribution < -0.4 is 10.6 Å². The third-order valence-corrected chi connectivity index (χ3v) is 6.45. The maximum Gasteiger partial charge on any atom is 0.310 e. The molecule has 2 amide bonds.